The van der Waals surface area contributed by atoms with Gasteiger partial charge in [-0.05, 0) is 36.4 Å². The van der Waals surface area contributed by atoms with Gasteiger partial charge in [-0.3, -0.25) is 14.0 Å². The summed E-state index contributed by atoms with van der Waals surface area (Å²) in [5.41, 5.74) is -0.417. The van der Waals surface area contributed by atoms with Crippen molar-refractivity contribution in [2.24, 2.45) is 0 Å². The Morgan fingerprint density at radius 2 is 1.91 bits per heavy atom. The predicted molar refractivity (Wildman–Crippen MR) is 79.6 cm³/mol. The number of carbonyl (C=O) groups is 1. The van der Waals surface area contributed by atoms with Crippen LogP contribution < -0.4 is 10.3 Å². The normalized spacial score (nSPS) is 10.6. The highest BCUT2D eigenvalue weighted by Crippen LogP contribution is 2.18. The van der Waals surface area contributed by atoms with E-state index in [2.05, 4.69) is 4.98 Å². The molecule has 0 fully saturated rings. The lowest BCUT2D eigenvalue weighted by atomic mass is 10.1. The maximum absolute atomic E-state index is 12.5. The largest absolute Gasteiger partial charge is 0.497 e. The fourth-order valence-electron chi connectivity index (χ4n) is 2.16. The molecule has 2 heterocycles. The van der Waals surface area contributed by atoms with Crippen LogP contribution in [-0.2, 0) is 0 Å². The molecule has 0 unspecified atom stereocenters. The van der Waals surface area contributed by atoms with Gasteiger partial charge in [0, 0.05) is 11.8 Å². The van der Waals surface area contributed by atoms with E-state index < -0.39 is 17.2 Å². The van der Waals surface area contributed by atoms with Crippen molar-refractivity contribution in [1.82, 2.24) is 9.38 Å². The van der Waals surface area contributed by atoms with Gasteiger partial charge < -0.3 is 9.84 Å². The molecule has 6 nitrogen and oxygen atoms in total. The molecule has 0 aliphatic rings. The Morgan fingerprint density at radius 1 is 1.18 bits per heavy atom. The highest BCUT2D eigenvalue weighted by atomic mass is 16.5. The Labute approximate surface area is 125 Å². The number of ether oxygens (including phenoxy) is 1. The minimum atomic E-state index is -0.607. The Kier molecular flexibility index (Phi) is 3.34. The predicted octanol–water partition coefficient (Wildman–Crippen LogP) is 1.64. The number of ketones is 1. The topological polar surface area (TPSA) is 80.9 Å². The first-order valence-electron chi connectivity index (χ1n) is 6.51. The molecule has 22 heavy (non-hydrogen) atoms. The molecule has 0 bridgehead atoms. The molecular weight excluding hydrogens is 284 g/mol. The summed E-state index contributed by atoms with van der Waals surface area (Å²) >= 11 is 0. The van der Waals surface area contributed by atoms with Crippen LogP contribution in [0.4, 0.5) is 0 Å². The lowest BCUT2D eigenvalue weighted by Gasteiger charge is -2.06. The SMILES string of the molecule is COc1ccc(C(=O)c2c(O)nc3ccccn3c2=O)cc1. The third-order valence-electron chi connectivity index (χ3n) is 3.29. The van der Waals surface area contributed by atoms with Crippen molar-refractivity contribution in [3.63, 3.8) is 0 Å². The van der Waals surface area contributed by atoms with Gasteiger partial charge in [-0.25, -0.2) is 0 Å². The van der Waals surface area contributed by atoms with Crippen LogP contribution in [0.3, 0.4) is 0 Å². The highest BCUT2D eigenvalue weighted by Gasteiger charge is 2.21. The number of nitrogens with zero attached hydrogens (tertiary/aromatic N) is 2. The number of benzene rings is 1. The molecule has 0 saturated heterocycles. The van der Waals surface area contributed by atoms with E-state index in [4.69, 9.17) is 4.74 Å². The summed E-state index contributed by atoms with van der Waals surface area (Å²) < 4.78 is 6.24. The summed E-state index contributed by atoms with van der Waals surface area (Å²) in [6, 6.07) is 11.2. The number of hydrogen-bond acceptors (Lipinski definition) is 5. The van der Waals surface area contributed by atoms with Gasteiger partial charge in [0.2, 0.25) is 11.7 Å². The molecule has 0 atom stereocenters. The number of hydrogen-bond donors (Lipinski definition) is 1. The molecule has 0 aliphatic carbocycles. The Bertz CT molecular complexity index is 914. The fourth-order valence-corrected chi connectivity index (χ4v) is 2.16. The number of carbonyl (C=O) groups excluding carboxylic acids is 1. The van der Waals surface area contributed by atoms with Gasteiger partial charge >= 0.3 is 0 Å². The van der Waals surface area contributed by atoms with Crippen molar-refractivity contribution in [3.05, 3.63) is 70.1 Å². The quantitative estimate of drug-likeness (QED) is 0.743. The second kappa shape index (κ2) is 5.33. The summed E-state index contributed by atoms with van der Waals surface area (Å²) in [7, 11) is 1.52. The molecule has 0 amide bonds. The average molecular weight is 296 g/mol. The molecule has 110 valence electrons. The van der Waals surface area contributed by atoms with Crippen LogP contribution in [0.1, 0.15) is 15.9 Å². The van der Waals surface area contributed by atoms with Gasteiger partial charge in [0.15, 0.2) is 5.56 Å². The van der Waals surface area contributed by atoms with Crippen molar-refractivity contribution < 1.29 is 14.6 Å². The Hall–Kier alpha value is -3.15. The van der Waals surface area contributed by atoms with E-state index in [1.165, 1.54) is 29.8 Å². The van der Waals surface area contributed by atoms with E-state index in [0.29, 0.717) is 5.75 Å². The number of fused-ring (bicyclic) bond motifs is 1. The van der Waals surface area contributed by atoms with Gasteiger partial charge in [0.1, 0.15) is 11.4 Å². The molecule has 1 N–H and O–H groups in total. The molecule has 0 aliphatic heterocycles. The van der Waals surface area contributed by atoms with Crippen molar-refractivity contribution in [3.8, 4) is 11.6 Å². The summed E-state index contributed by atoms with van der Waals surface area (Å²) in [6.45, 7) is 0. The summed E-state index contributed by atoms with van der Waals surface area (Å²) in [4.78, 5) is 28.8. The van der Waals surface area contributed by atoms with E-state index in [9.17, 15) is 14.7 Å². The maximum Gasteiger partial charge on any atom is 0.273 e. The van der Waals surface area contributed by atoms with Gasteiger partial charge in [-0.1, -0.05) is 6.07 Å². The Balaban J connectivity index is 2.16. The molecule has 1 aromatic carbocycles. The van der Waals surface area contributed by atoms with Crippen molar-refractivity contribution >= 4 is 11.4 Å². The zero-order valence-electron chi connectivity index (χ0n) is 11.7. The standard InChI is InChI=1S/C16H12N2O4/c1-22-11-7-5-10(6-8-11)14(19)13-15(20)17-12-4-2-3-9-18(12)16(13)21/h2-9,20H,1H3. The van der Waals surface area contributed by atoms with Gasteiger partial charge in [-0.15, -0.1) is 0 Å². The second-order valence-electron chi connectivity index (χ2n) is 4.60. The number of pyridine rings is 1. The molecule has 0 radical (unpaired) electrons. The maximum atomic E-state index is 12.5. The van der Waals surface area contributed by atoms with Crippen LogP contribution in [0.2, 0.25) is 0 Å². The first-order chi connectivity index (χ1) is 10.6. The van der Waals surface area contributed by atoms with E-state index in [1.807, 2.05) is 0 Å². The molecular formula is C16H12N2O4. The number of methoxy groups -OCH3 is 1. The zero-order chi connectivity index (χ0) is 15.7. The lowest BCUT2D eigenvalue weighted by Crippen LogP contribution is -2.23. The van der Waals surface area contributed by atoms with Crippen LogP contribution in [0.15, 0.2) is 53.5 Å². The molecule has 3 rings (SSSR count). The van der Waals surface area contributed by atoms with Gasteiger partial charge in [0.25, 0.3) is 5.56 Å². The lowest BCUT2D eigenvalue weighted by molar-refractivity contribution is 0.103. The van der Waals surface area contributed by atoms with Crippen molar-refractivity contribution in [2.45, 2.75) is 0 Å². The first kappa shape index (κ1) is 13.8. The fraction of sp³-hybridized carbons (Fsp3) is 0.0625. The minimum absolute atomic E-state index is 0.269. The Morgan fingerprint density at radius 3 is 2.59 bits per heavy atom. The van der Waals surface area contributed by atoms with Gasteiger partial charge in [-0.2, -0.15) is 4.98 Å². The van der Waals surface area contributed by atoms with Crippen LogP contribution in [0.25, 0.3) is 5.65 Å². The van der Waals surface area contributed by atoms with Crippen LogP contribution in [0, 0.1) is 0 Å². The monoisotopic (exact) mass is 296 g/mol. The average Bonchev–Trinajstić information content (AvgIpc) is 2.55. The summed E-state index contributed by atoms with van der Waals surface area (Å²) in [5, 5.41) is 9.95. The van der Waals surface area contributed by atoms with E-state index >= 15 is 0 Å². The molecule has 2 aromatic heterocycles. The summed E-state index contributed by atoms with van der Waals surface area (Å²) in [6.07, 6.45) is 1.49. The molecule has 3 aromatic rings. The second-order valence-corrected chi connectivity index (χ2v) is 4.60. The third kappa shape index (κ3) is 2.20. The molecule has 0 spiro atoms. The number of aromatic hydroxyl groups is 1. The van der Waals surface area contributed by atoms with Crippen LogP contribution in [-0.4, -0.2) is 27.4 Å². The van der Waals surface area contributed by atoms with E-state index in [1.54, 1.807) is 30.3 Å². The minimum Gasteiger partial charge on any atom is -0.497 e. The number of rotatable bonds is 3. The smallest absolute Gasteiger partial charge is 0.273 e. The van der Waals surface area contributed by atoms with Crippen molar-refractivity contribution in [1.29, 1.82) is 0 Å². The zero-order valence-corrected chi connectivity index (χ0v) is 11.7. The van der Waals surface area contributed by atoms with Crippen LogP contribution in [0.5, 0.6) is 11.6 Å². The summed E-state index contributed by atoms with van der Waals surface area (Å²) in [5.74, 6) is -0.568. The third-order valence-corrected chi connectivity index (χ3v) is 3.29. The van der Waals surface area contributed by atoms with Crippen LogP contribution >= 0.6 is 0 Å². The molecule has 0 saturated carbocycles. The van der Waals surface area contributed by atoms with E-state index in [0.717, 1.165) is 0 Å². The highest BCUT2D eigenvalue weighted by molar-refractivity contribution is 6.10. The first-order valence-corrected chi connectivity index (χ1v) is 6.51. The molecule has 6 heteroatoms. The number of aromatic nitrogens is 2. The van der Waals surface area contributed by atoms with Gasteiger partial charge in [0.05, 0.1) is 7.11 Å². The van der Waals surface area contributed by atoms with E-state index in [-0.39, 0.29) is 16.8 Å². The van der Waals surface area contributed by atoms with Crippen molar-refractivity contribution in [2.75, 3.05) is 7.11 Å².